The number of hydrogen-bond donors (Lipinski definition) is 2. The standard InChI is InChI=1S/C14H22N2O4/c1-4-20-13-7-10(5-6-12(13)19-3)16-14(17)8-11(9-15)18-2/h5-7,11H,4,8-9,15H2,1-3H3,(H,16,17). The summed E-state index contributed by atoms with van der Waals surface area (Å²) >= 11 is 0. The van der Waals surface area contributed by atoms with Gasteiger partial charge in [0.1, 0.15) is 0 Å². The van der Waals surface area contributed by atoms with E-state index in [1.807, 2.05) is 6.92 Å². The second-order valence-electron chi connectivity index (χ2n) is 4.14. The van der Waals surface area contributed by atoms with Crippen molar-refractivity contribution in [1.29, 1.82) is 0 Å². The van der Waals surface area contributed by atoms with Gasteiger partial charge in [0.15, 0.2) is 11.5 Å². The summed E-state index contributed by atoms with van der Waals surface area (Å²) in [5.74, 6) is 1.06. The molecular formula is C14H22N2O4. The maximum absolute atomic E-state index is 11.8. The number of benzene rings is 1. The van der Waals surface area contributed by atoms with Gasteiger partial charge in [-0.05, 0) is 19.1 Å². The van der Waals surface area contributed by atoms with Crippen LogP contribution in [0.1, 0.15) is 13.3 Å². The molecule has 0 heterocycles. The van der Waals surface area contributed by atoms with Crippen molar-refractivity contribution in [2.24, 2.45) is 5.73 Å². The van der Waals surface area contributed by atoms with E-state index >= 15 is 0 Å². The van der Waals surface area contributed by atoms with Gasteiger partial charge < -0.3 is 25.3 Å². The molecule has 0 radical (unpaired) electrons. The van der Waals surface area contributed by atoms with Crippen molar-refractivity contribution in [2.45, 2.75) is 19.4 Å². The summed E-state index contributed by atoms with van der Waals surface area (Å²) < 4.78 is 15.7. The first kappa shape index (κ1) is 16.3. The van der Waals surface area contributed by atoms with Gasteiger partial charge in [0, 0.05) is 25.4 Å². The summed E-state index contributed by atoms with van der Waals surface area (Å²) in [4.78, 5) is 11.8. The predicted octanol–water partition coefficient (Wildman–Crippen LogP) is 1.40. The Bertz CT molecular complexity index is 433. The van der Waals surface area contributed by atoms with E-state index in [4.69, 9.17) is 19.9 Å². The van der Waals surface area contributed by atoms with E-state index in [9.17, 15) is 4.79 Å². The number of anilines is 1. The first-order valence-corrected chi connectivity index (χ1v) is 6.48. The number of carbonyl (C=O) groups is 1. The highest BCUT2D eigenvalue weighted by atomic mass is 16.5. The Kier molecular flexibility index (Phi) is 6.83. The van der Waals surface area contributed by atoms with Crippen LogP contribution in [-0.4, -0.2) is 39.4 Å². The van der Waals surface area contributed by atoms with Crippen LogP contribution in [0.15, 0.2) is 18.2 Å². The van der Waals surface area contributed by atoms with Crippen molar-refractivity contribution in [3.05, 3.63) is 18.2 Å². The van der Waals surface area contributed by atoms with Crippen LogP contribution in [0.3, 0.4) is 0 Å². The van der Waals surface area contributed by atoms with Crippen LogP contribution in [0.5, 0.6) is 11.5 Å². The van der Waals surface area contributed by atoms with E-state index < -0.39 is 0 Å². The quantitative estimate of drug-likeness (QED) is 0.753. The third-order valence-electron chi connectivity index (χ3n) is 2.76. The molecule has 20 heavy (non-hydrogen) atoms. The molecule has 1 atom stereocenters. The number of carbonyl (C=O) groups excluding carboxylic acids is 1. The average molecular weight is 282 g/mol. The molecule has 1 aromatic carbocycles. The van der Waals surface area contributed by atoms with Gasteiger partial charge in [0.25, 0.3) is 0 Å². The van der Waals surface area contributed by atoms with Gasteiger partial charge in [-0.15, -0.1) is 0 Å². The normalized spacial score (nSPS) is 11.8. The fourth-order valence-electron chi connectivity index (χ4n) is 1.70. The average Bonchev–Trinajstić information content (AvgIpc) is 2.45. The highest BCUT2D eigenvalue weighted by Gasteiger charge is 2.12. The lowest BCUT2D eigenvalue weighted by atomic mass is 10.2. The van der Waals surface area contributed by atoms with E-state index in [-0.39, 0.29) is 18.4 Å². The molecule has 1 unspecified atom stereocenters. The van der Waals surface area contributed by atoms with Gasteiger partial charge >= 0.3 is 0 Å². The summed E-state index contributed by atoms with van der Waals surface area (Å²) in [5, 5.41) is 2.78. The molecule has 1 rings (SSSR count). The minimum absolute atomic E-state index is 0.157. The third kappa shape index (κ3) is 4.71. The number of amides is 1. The molecule has 0 fully saturated rings. The topological polar surface area (TPSA) is 82.8 Å². The van der Waals surface area contributed by atoms with Gasteiger partial charge in [-0.3, -0.25) is 4.79 Å². The number of nitrogens with one attached hydrogen (secondary N) is 1. The van der Waals surface area contributed by atoms with Crippen LogP contribution < -0.4 is 20.5 Å². The number of ether oxygens (including phenoxy) is 3. The molecule has 0 aliphatic carbocycles. The third-order valence-corrected chi connectivity index (χ3v) is 2.76. The van der Waals surface area contributed by atoms with Crippen LogP contribution in [0.25, 0.3) is 0 Å². The van der Waals surface area contributed by atoms with Gasteiger partial charge in [-0.1, -0.05) is 0 Å². The maximum atomic E-state index is 11.8. The van der Waals surface area contributed by atoms with Gasteiger partial charge in [-0.25, -0.2) is 0 Å². The van der Waals surface area contributed by atoms with Crippen LogP contribution in [0, 0.1) is 0 Å². The Morgan fingerprint density at radius 3 is 2.65 bits per heavy atom. The fraction of sp³-hybridized carbons (Fsp3) is 0.500. The van der Waals surface area contributed by atoms with Crippen LogP contribution in [0.2, 0.25) is 0 Å². The highest BCUT2D eigenvalue weighted by Crippen LogP contribution is 2.30. The molecule has 112 valence electrons. The summed E-state index contributed by atoms with van der Waals surface area (Å²) in [6, 6.07) is 5.23. The molecule has 1 aromatic rings. The molecule has 3 N–H and O–H groups in total. The van der Waals surface area contributed by atoms with Crippen LogP contribution in [0.4, 0.5) is 5.69 Å². The molecule has 0 aromatic heterocycles. The van der Waals surface area contributed by atoms with Crippen molar-refractivity contribution in [2.75, 3.05) is 32.7 Å². The maximum Gasteiger partial charge on any atom is 0.227 e. The lowest BCUT2D eigenvalue weighted by molar-refractivity contribution is -0.118. The first-order chi connectivity index (χ1) is 9.64. The van der Waals surface area contributed by atoms with Gasteiger partial charge in [0.05, 0.1) is 26.2 Å². The van der Waals surface area contributed by atoms with E-state index in [0.717, 1.165) is 0 Å². The molecule has 0 spiro atoms. The van der Waals surface area contributed by atoms with E-state index in [0.29, 0.717) is 30.3 Å². The zero-order valence-electron chi connectivity index (χ0n) is 12.1. The summed E-state index contributed by atoms with van der Waals surface area (Å²) in [5.41, 5.74) is 6.13. The smallest absolute Gasteiger partial charge is 0.227 e. The van der Waals surface area contributed by atoms with Crippen LogP contribution in [-0.2, 0) is 9.53 Å². The largest absolute Gasteiger partial charge is 0.493 e. The van der Waals surface area contributed by atoms with E-state index in [1.165, 1.54) is 7.11 Å². The predicted molar refractivity (Wildman–Crippen MR) is 77.3 cm³/mol. The zero-order chi connectivity index (χ0) is 15.0. The summed E-state index contributed by atoms with van der Waals surface area (Å²) in [6.45, 7) is 2.71. The second-order valence-corrected chi connectivity index (χ2v) is 4.14. The van der Waals surface area contributed by atoms with Crippen molar-refractivity contribution < 1.29 is 19.0 Å². The molecule has 6 nitrogen and oxygen atoms in total. The first-order valence-electron chi connectivity index (χ1n) is 6.48. The minimum Gasteiger partial charge on any atom is -0.493 e. The van der Waals surface area contributed by atoms with Gasteiger partial charge in [0.2, 0.25) is 5.91 Å². The lowest BCUT2D eigenvalue weighted by Crippen LogP contribution is -2.28. The van der Waals surface area contributed by atoms with Gasteiger partial charge in [-0.2, -0.15) is 0 Å². The highest BCUT2D eigenvalue weighted by molar-refractivity contribution is 5.91. The van der Waals surface area contributed by atoms with Crippen molar-refractivity contribution in [3.63, 3.8) is 0 Å². The SMILES string of the molecule is CCOc1cc(NC(=O)CC(CN)OC)ccc1OC. The second kappa shape index (κ2) is 8.39. The number of rotatable bonds is 8. The summed E-state index contributed by atoms with van der Waals surface area (Å²) in [6.07, 6.45) is -0.0668. The van der Waals surface area contributed by atoms with Crippen LogP contribution >= 0.6 is 0 Å². The number of methoxy groups -OCH3 is 2. The molecule has 0 aliphatic heterocycles. The molecule has 0 saturated carbocycles. The summed E-state index contributed by atoms with van der Waals surface area (Å²) in [7, 11) is 3.10. The number of nitrogens with two attached hydrogens (primary N) is 1. The molecule has 0 bridgehead atoms. The van der Waals surface area contributed by atoms with Crippen molar-refractivity contribution in [3.8, 4) is 11.5 Å². The minimum atomic E-state index is -0.278. The fourth-order valence-corrected chi connectivity index (χ4v) is 1.70. The van der Waals surface area contributed by atoms with Crippen molar-refractivity contribution >= 4 is 11.6 Å². The molecule has 6 heteroatoms. The molecule has 1 amide bonds. The molecular weight excluding hydrogens is 260 g/mol. The Hall–Kier alpha value is -1.79. The van der Waals surface area contributed by atoms with Crippen molar-refractivity contribution in [1.82, 2.24) is 0 Å². The zero-order valence-corrected chi connectivity index (χ0v) is 12.1. The lowest BCUT2D eigenvalue weighted by Gasteiger charge is -2.14. The Balaban J connectivity index is 2.72. The number of hydrogen-bond acceptors (Lipinski definition) is 5. The molecule has 0 aliphatic rings. The Morgan fingerprint density at radius 2 is 2.10 bits per heavy atom. The monoisotopic (exact) mass is 282 g/mol. The Morgan fingerprint density at radius 1 is 1.35 bits per heavy atom. The van der Waals surface area contributed by atoms with E-state index in [2.05, 4.69) is 5.32 Å². The Labute approximate surface area is 119 Å². The molecule has 0 saturated heterocycles. The van der Waals surface area contributed by atoms with E-state index in [1.54, 1.807) is 25.3 Å².